The summed E-state index contributed by atoms with van der Waals surface area (Å²) in [6.07, 6.45) is 1.81. The van der Waals surface area contributed by atoms with Gasteiger partial charge in [-0.05, 0) is 50.3 Å². The molecular weight excluding hydrogens is 536 g/mol. The Balaban J connectivity index is 1.38. The minimum absolute atomic E-state index is 0.126. The van der Waals surface area contributed by atoms with E-state index in [2.05, 4.69) is 9.88 Å². The number of hydrogen-bond acceptors (Lipinski definition) is 9. The first-order valence-corrected chi connectivity index (χ1v) is 14.5. The van der Waals surface area contributed by atoms with Gasteiger partial charge in [0.25, 0.3) is 0 Å². The molecule has 2 aromatic carbocycles. The summed E-state index contributed by atoms with van der Waals surface area (Å²) < 4.78 is 22.4. The van der Waals surface area contributed by atoms with Crippen LogP contribution in [0.15, 0.2) is 66.9 Å². The summed E-state index contributed by atoms with van der Waals surface area (Å²) in [5.74, 6) is 0.810. The van der Waals surface area contributed by atoms with E-state index >= 15 is 0 Å². The quantitative estimate of drug-likeness (QED) is 0.201. The van der Waals surface area contributed by atoms with E-state index in [-0.39, 0.29) is 18.2 Å². The van der Waals surface area contributed by atoms with Gasteiger partial charge >= 0.3 is 5.97 Å². The summed E-state index contributed by atoms with van der Waals surface area (Å²) in [6.45, 7) is 6.43. The zero-order valence-electron chi connectivity index (χ0n) is 24.5. The van der Waals surface area contributed by atoms with Crippen molar-refractivity contribution < 1.29 is 33.6 Å². The molecule has 1 N–H and O–H groups in total. The monoisotopic (exact) mass is 576 g/mol. The summed E-state index contributed by atoms with van der Waals surface area (Å²) in [5, 5.41) is 11.1. The zero-order chi connectivity index (χ0) is 29.9. The number of carbonyl (C=O) groups excluding carboxylic acids is 2. The minimum atomic E-state index is -1.28. The summed E-state index contributed by atoms with van der Waals surface area (Å²) in [7, 11) is 1.60. The van der Waals surface area contributed by atoms with Crippen LogP contribution >= 0.6 is 0 Å². The molecule has 9 heteroatoms. The number of aliphatic hydroxyl groups excluding tert-OH is 1. The van der Waals surface area contributed by atoms with Crippen molar-refractivity contribution >= 4 is 17.4 Å². The van der Waals surface area contributed by atoms with E-state index in [1.165, 1.54) is 0 Å². The number of Topliss-reactive ketones (excluding diaryl/α,β-unsaturated/α-hetero) is 1. The standard InChI is InChI=1S/C33H40N2O7/c1-4-40-29(21-31(36)41-5-2)25-13-16-34-30(19-25)42-22-23-14-17-35(18-15-23)28-20-26(39-3)11-12-27(28)33(38)32(37)24-9-7-6-8-10-24/h6-13,16,19-20,23,29,33,38H,4-5,14-15,17-18,21-22H2,1-3H3. The van der Waals surface area contributed by atoms with Crippen LogP contribution in [0.3, 0.4) is 0 Å². The molecule has 2 atom stereocenters. The van der Waals surface area contributed by atoms with Gasteiger partial charge in [0.15, 0.2) is 5.78 Å². The Morgan fingerprint density at radius 2 is 1.79 bits per heavy atom. The lowest BCUT2D eigenvalue weighted by Crippen LogP contribution is -2.36. The average molecular weight is 577 g/mol. The van der Waals surface area contributed by atoms with Crippen molar-refractivity contribution in [1.29, 1.82) is 0 Å². The van der Waals surface area contributed by atoms with Crippen LogP contribution in [0.4, 0.5) is 5.69 Å². The van der Waals surface area contributed by atoms with Crippen LogP contribution in [0.2, 0.25) is 0 Å². The van der Waals surface area contributed by atoms with Crippen LogP contribution in [0.5, 0.6) is 11.6 Å². The molecule has 1 aromatic heterocycles. The van der Waals surface area contributed by atoms with E-state index < -0.39 is 12.2 Å². The summed E-state index contributed by atoms with van der Waals surface area (Å²) in [4.78, 5) is 31.6. The molecule has 3 aromatic rings. The van der Waals surface area contributed by atoms with Gasteiger partial charge in [0, 0.05) is 54.8 Å². The number of benzene rings is 2. The van der Waals surface area contributed by atoms with Crippen LogP contribution in [0.25, 0.3) is 0 Å². The highest BCUT2D eigenvalue weighted by molar-refractivity contribution is 6.00. The van der Waals surface area contributed by atoms with E-state index in [0.717, 1.165) is 37.2 Å². The van der Waals surface area contributed by atoms with Crippen molar-refractivity contribution in [3.8, 4) is 11.6 Å². The summed E-state index contributed by atoms with van der Waals surface area (Å²) in [5.41, 5.74) is 2.64. The van der Waals surface area contributed by atoms with Gasteiger partial charge < -0.3 is 29.0 Å². The number of rotatable bonds is 14. The SMILES string of the molecule is CCOC(=O)CC(OCC)c1ccnc(OCC2CCN(c3cc(OC)ccc3C(O)C(=O)c3ccccc3)CC2)c1. The number of ketones is 1. The van der Waals surface area contributed by atoms with Gasteiger partial charge in [-0.3, -0.25) is 9.59 Å². The Morgan fingerprint density at radius 3 is 2.48 bits per heavy atom. The second-order valence-electron chi connectivity index (χ2n) is 10.2. The summed E-state index contributed by atoms with van der Waals surface area (Å²) >= 11 is 0. The first-order chi connectivity index (χ1) is 20.4. The van der Waals surface area contributed by atoms with Gasteiger partial charge in [0.05, 0.1) is 32.8 Å². The van der Waals surface area contributed by atoms with Crippen molar-refractivity contribution in [3.05, 3.63) is 83.6 Å². The maximum absolute atomic E-state index is 13.0. The molecule has 2 heterocycles. The lowest BCUT2D eigenvalue weighted by Gasteiger charge is -2.35. The fourth-order valence-electron chi connectivity index (χ4n) is 5.15. The van der Waals surface area contributed by atoms with Gasteiger partial charge in [0.1, 0.15) is 11.9 Å². The van der Waals surface area contributed by atoms with Gasteiger partial charge in [0.2, 0.25) is 5.88 Å². The number of esters is 1. The molecule has 1 saturated heterocycles. The predicted octanol–water partition coefficient (Wildman–Crippen LogP) is 5.33. The normalized spacial score (nSPS) is 15.1. The number of carbonyl (C=O) groups is 2. The fraction of sp³-hybridized carbons (Fsp3) is 0.424. The first kappa shape index (κ1) is 31.0. The molecule has 4 rings (SSSR count). The van der Waals surface area contributed by atoms with Gasteiger partial charge in [-0.1, -0.05) is 36.4 Å². The third-order valence-corrected chi connectivity index (χ3v) is 7.42. The van der Waals surface area contributed by atoms with Gasteiger partial charge in [-0.2, -0.15) is 0 Å². The lowest BCUT2D eigenvalue weighted by atomic mass is 9.94. The molecule has 224 valence electrons. The average Bonchev–Trinajstić information content (AvgIpc) is 3.03. The maximum atomic E-state index is 13.0. The zero-order valence-corrected chi connectivity index (χ0v) is 24.5. The summed E-state index contributed by atoms with van der Waals surface area (Å²) in [6, 6.07) is 17.9. The number of anilines is 1. The Labute approximate surface area is 247 Å². The van der Waals surface area contributed by atoms with E-state index in [9.17, 15) is 14.7 Å². The van der Waals surface area contributed by atoms with Crippen LogP contribution in [0.1, 0.15) is 66.8 Å². The first-order valence-electron chi connectivity index (χ1n) is 14.5. The van der Waals surface area contributed by atoms with Crippen LogP contribution in [-0.2, 0) is 14.3 Å². The molecule has 0 saturated carbocycles. The van der Waals surface area contributed by atoms with Crippen molar-refractivity contribution in [3.63, 3.8) is 0 Å². The molecule has 0 spiro atoms. The second kappa shape index (κ2) is 15.3. The van der Waals surface area contributed by atoms with Gasteiger partial charge in [-0.15, -0.1) is 0 Å². The van der Waals surface area contributed by atoms with E-state index in [4.69, 9.17) is 18.9 Å². The number of aliphatic hydroxyl groups is 1. The molecule has 2 unspecified atom stereocenters. The highest BCUT2D eigenvalue weighted by atomic mass is 16.5. The van der Waals surface area contributed by atoms with Crippen molar-refractivity contribution in [2.75, 3.05) is 44.9 Å². The molecule has 1 aliphatic rings. The molecule has 1 fully saturated rings. The van der Waals surface area contributed by atoms with E-state index in [0.29, 0.717) is 48.5 Å². The Kier molecular flexibility index (Phi) is 11.3. The number of pyridine rings is 1. The molecule has 1 aliphatic heterocycles. The second-order valence-corrected chi connectivity index (χ2v) is 10.2. The molecule has 42 heavy (non-hydrogen) atoms. The van der Waals surface area contributed by atoms with Crippen LogP contribution in [0, 0.1) is 5.92 Å². The Morgan fingerprint density at radius 1 is 1.02 bits per heavy atom. The van der Waals surface area contributed by atoms with Crippen LogP contribution in [-0.4, -0.2) is 61.9 Å². The molecule has 0 radical (unpaired) electrons. The molecule has 0 aliphatic carbocycles. The lowest BCUT2D eigenvalue weighted by molar-refractivity contribution is -0.146. The third kappa shape index (κ3) is 8.08. The smallest absolute Gasteiger partial charge is 0.308 e. The number of nitrogens with zero attached hydrogens (tertiary/aromatic N) is 2. The van der Waals surface area contributed by atoms with E-state index in [1.54, 1.807) is 56.6 Å². The highest BCUT2D eigenvalue weighted by Gasteiger charge is 2.27. The predicted molar refractivity (Wildman–Crippen MR) is 159 cm³/mol. The number of aromatic nitrogens is 1. The molecular formula is C33H40N2O7. The number of ether oxygens (including phenoxy) is 4. The van der Waals surface area contributed by atoms with Crippen molar-refractivity contribution in [1.82, 2.24) is 4.98 Å². The topological polar surface area (TPSA) is 107 Å². The number of hydrogen-bond donors (Lipinski definition) is 1. The van der Waals surface area contributed by atoms with Crippen LogP contribution < -0.4 is 14.4 Å². The molecule has 9 nitrogen and oxygen atoms in total. The number of methoxy groups -OCH3 is 1. The molecule has 0 bridgehead atoms. The van der Waals surface area contributed by atoms with E-state index in [1.807, 2.05) is 31.2 Å². The molecule has 0 amide bonds. The van der Waals surface area contributed by atoms with Crippen molar-refractivity contribution in [2.24, 2.45) is 5.92 Å². The van der Waals surface area contributed by atoms with Gasteiger partial charge in [-0.25, -0.2) is 4.98 Å². The third-order valence-electron chi connectivity index (χ3n) is 7.42. The van der Waals surface area contributed by atoms with Crippen molar-refractivity contribution in [2.45, 2.75) is 45.3 Å². The largest absolute Gasteiger partial charge is 0.497 e. The Hall–Kier alpha value is -3.95. The highest BCUT2D eigenvalue weighted by Crippen LogP contribution is 2.35. The minimum Gasteiger partial charge on any atom is -0.497 e. The maximum Gasteiger partial charge on any atom is 0.308 e. The fourth-order valence-corrected chi connectivity index (χ4v) is 5.15. The number of piperidine rings is 1. The Bertz CT molecular complexity index is 1310.